The molecule has 1 aliphatic rings. The zero-order chi connectivity index (χ0) is 12.1. The van der Waals surface area contributed by atoms with Crippen LogP contribution in [0.5, 0.6) is 0 Å². The van der Waals surface area contributed by atoms with Gasteiger partial charge in [-0.2, -0.15) is 0 Å². The van der Waals surface area contributed by atoms with Gasteiger partial charge in [-0.15, -0.1) is 0 Å². The first-order valence-electron chi connectivity index (χ1n) is 6.48. The first kappa shape index (κ1) is 12.6. The molecule has 0 bridgehead atoms. The zero-order valence-corrected chi connectivity index (χ0v) is 10.9. The number of ether oxygens (including phenoxy) is 1. The average Bonchev–Trinajstić information content (AvgIpc) is 2.96. The molecule has 0 saturated heterocycles. The summed E-state index contributed by atoms with van der Waals surface area (Å²) < 4.78 is 7.35. The van der Waals surface area contributed by atoms with E-state index in [1.807, 2.05) is 12.5 Å². The minimum atomic E-state index is 0.521. The Kier molecular flexibility index (Phi) is 4.18. The van der Waals surface area contributed by atoms with E-state index in [4.69, 9.17) is 4.74 Å². The largest absolute Gasteiger partial charge is 0.385 e. The molecule has 4 nitrogen and oxygen atoms in total. The number of aryl methyl sites for hydroxylation is 1. The van der Waals surface area contributed by atoms with Gasteiger partial charge >= 0.3 is 0 Å². The van der Waals surface area contributed by atoms with Gasteiger partial charge in [-0.3, -0.25) is 0 Å². The predicted octanol–water partition coefficient (Wildman–Crippen LogP) is 1.81. The van der Waals surface area contributed by atoms with Crippen molar-refractivity contribution >= 4 is 0 Å². The summed E-state index contributed by atoms with van der Waals surface area (Å²) >= 11 is 0. The Morgan fingerprint density at radius 1 is 1.53 bits per heavy atom. The van der Waals surface area contributed by atoms with Gasteiger partial charge < -0.3 is 14.6 Å². The zero-order valence-electron chi connectivity index (χ0n) is 10.9. The van der Waals surface area contributed by atoms with E-state index in [0.29, 0.717) is 5.41 Å². The van der Waals surface area contributed by atoms with E-state index in [2.05, 4.69) is 21.8 Å². The first-order valence-corrected chi connectivity index (χ1v) is 6.48. The highest BCUT2D eigenvalue weighted by Crippen LogP contribution is 2.48. The monoisotopic (exact) mass is 237 g/mol. The van der Waals surface area contributed by atoms with E-state index in [-0.39, 0.29) is 0 Å². The molecule has 0 spiro atoms. The number of nitrogens with one attached hydrogen (secondary N) is 1. The maximum absolute atomic E-state index is 5.16. The Morgan fingerprint density at radius 3 is 3.00 bits per heavy atom. The molecule has 1 aromatic heterocycles. The van der Waals surface area contributed by atoms with E-state index >= 15 is 0 Å². The fourth-order valence-corrected chi connectivity index (χ4v) is 2.25. The van der Waals surface area contributed by atoms with Gasteiger partial charge in [-0.05, 0) is 31.6 Å². The molecule has 1 aliphatic carbocycles. The van der Waals surface area contributed by atoms with Crippen LogP contribution in [0.25, 0.3) is 0 Å². The van der Waals surface area contributed by atoms with Crippen LogP contribution >= 0.6 is 0 Å². The molecule has 1 saturated carbocycles. The summed E-state index contributed by atoms with van der Waals surface area (Å²) in [6.45, 7) is 6.04. The Labute approximate surface area is 103 Å². The smallest absolute Gasteiger partial charge is 0.0948 e. The summed E-state index contributed by atoms with van der Waals surface area (Å²) in [5.74, 6) is 0. The van der Waals surface area contributed by atoms with E-state index in [9.17, 15) is 0 Å². The summed E-state index contributed by atoms with van der Waals surface area (Å²) in [7, 11) is 1.78. The van der Waals surface area contributed by atoms with Gasteiger partial charge in [0.25, 0.3) is 0 Å². The van der Waals surface area contributed by atoms with Crippen molar-refractivity contribution in [3.8, 4) is 0 Å². The highest BCUT2D eigenvalue weighted by Gasteiger charge is 2.41. The predicted molar refractivity (Wildman–Crippen MR) is 67.8 cm³/mol. The Bertz CT molecular complexity index is 344. The van der Waals surface area contributed by atoms with Crippen molar-refractivity contribution in [1.29, 1.82) is 0 Å². The van der Waals surface area contributed by atoms with E-state index in [0.717, 1.165) is 26.2 Å². The van der Waals surface area contributed by atoms with Gasteiger partial charge in [0, 0.05) is 39.5 Å². The summed E-state index contributed by atoms with van der Waals surface area (Å²) in [5, 5.41) is 3.56. The quantitative estimate of drug-likeness (QED) is 0.749. The third kappa shape index (κ3) is 3.30. The number of imidazole rings is 1. The van der Waals surface area contributed by atoms with Gasteiger partial charge in [-0.25, -0.2) is 4.98 Å². The molecule has 4 heteroatoms. The topological polar surface area (TPSA) is 39.1 Å². The highest BCUT2D eigenvalue weighted by atomic mass is 16.5. The van der Waals surface area contributed by atoms with Crippen LogP contribution in [0, 0.1) is 5.41 Å². The first-order chi connectivity index (χ1) is 8.29. The molecule has 96 valence electrons. The van der Waals surface area contributed by atoms with Crippen LogP contribution in [0.2, 0.25) is 0 Å². The van der Waals surface area contributed by atoms with Crippen molar-refractivity contribution in [2.45, 2.75) is 39.3 Å². The number of hydrogen-bond acceptors (Lipinski definition) is 3. The van der Waals surface area contributed by atoms with E-state index in [1.165, 1.54) is 25.0 Å². The standard InChI is InChI=1S/C13H23N3O/c1-3-16-11-15-9-12(16)8-14-10-13(4-5-13)6-7-17-2/h9,11,14H,3-8,10H2,1-2H3. The minimum Gasteiger partial charge on any atom is -0.385 e. The fourth-order valence-electron chi connectivity index (χ4n) is 2.25. The van der Waals surface area contributed by atoms with E-state index in [1.54, 1.807) is 7.11 Å². The normalized spacial score (nSPS) is 17.3. The third-order valence-electron chi connectivity index (χ3n) is 3.74. The molecule has 0 aromatic carbocycles. The molecule has 17 heavy (non-hydrogen) atoms. The van der Waals surface area contributed by atoms with Crippen molar-refractivity contribution in [1.82, 2.24) is 14.9 Å². The second-order valence-electron chi connectivity index (χ2n) is 5.02. The molecule has 1 heterocycles. The van der Waals surface area contributed by atoms with E-state index < -0.39 is 0 Å². The summed E-state index contributed by atoms with van der Waals surface area (Å²) in [4.78, 5) is 4.18. The minimum absolute atomic E-state index is 0.521. The molecule has 0 aliphatic heterocycles. The second-order valence-corrected chi connectivity index (χ2v) is 5.02. The highest BCUT2D eigenvalue weighted by molar-refractivity contribution is 5.00. The van der Waals surface area contributed by atoms with Crippen LogP contribution in [0.15, 0.2) is 12.5 Å². The Morgan fingerprint density at radius 2 is 2.35 bits per heavy atom. The summed E-state index contributed by atoms with van der Waals surface area (Å²) in [6, 6.07) is 0. The second kappa shape index (κ2) is 5.65. The molecule has 0 amide bonds. The SMILES string of the molecule is CCn1cncc1CNCC1(CCOC)CC1. The molecule has 1 N–H and O–H groups in total. The van der Waals surface area contributed by atoms with Gasteiger partial charge in [0.15, 0.2) is 0 Å². The molecule has 0 radical (unpaired) electrons. The van der Waals surface area contributed by atoms with Crippen LogP contribution in [0.1, 0.15) is 31.9 Å². The van der Waals surface area contributed by atoms with Crippen molar-refractivity contribution in [2.24, 2.45) is 5.41 Å². The molecule has 0 atom stereocenters. The lowest BCUT2D eigenvalue weighted by atomic mass is 10.0. The van der Waals surface area contributed by atoms with Gasteiger partial charge in [0.05, 0.1) is 12.0 Å². The van der Waals surface area contributed by atoms with Crippen molar-refractivity contribution < 1.29 is 4.74 Å². The lowest BCUT2D eigenvalue weighted by molar-refractivity contribution is 0.171. The van der Waals surface area contributed by atoms with Crippen LogP contribution < -0.4 is 5.32 Å². The van der Waals surface area contributed by atoms with Crippen LogP contribution in [0.4, 0.5) is 0 Å². The average molecular weight is 237 g/mol. The fraction of sp³-hybridized carbons (Fsp3) is 0.769. The maximum atomic E-state index is 5.16. The van der Waals surface area contributed by atoms with Crippen molar-refractivity contribution in [2.75, 3.05) is 20.3 Å². The van der Waals surface area contributed by atoms with Crippen LogP contribution in [-0.2, 0) is 17.8 Å². The molecule has 2 rings (SSSR count). The van der Waals surface area contributed by atoms with Gasteiger partial charge in [-0.1, -0.05) is 0 Å². The number of nitrogens with zero attached hydrogens (tertiary/aromatic N) is 2. The summed E-state index contributed by atoms with van der Waals surface area (Å²) in [6.07, 6.45) is 7.72. The van der Waals surface area contributed by atoms with Crippen molar-refractivity contribution in [3.63, 3.8) is 0 Å². The Balaban J connectivity index is 1.72. The third-order valence-corrected chi connectivity index (χ3v) is 3.74. The molecule has 1 fully saturated rings. The molecular weight excluding hydrogens is 214 g/mol. The van der Waals surface area contributed by atoms with Crippen LogP contribution in [0.3, 0.4) is 0 Å². The lowest BCUT2D eigenvalue weighted by Crippen LogP contribution is -2.25. The van der Waals surface area contributed by atoms with Crippen molar-refractivity contribution in [3.05, 3.63) is 18.2 Å². The maximum Gasteiger partial charge on any atom is 0.0948 e. The molecule has 1 aromatic rings. The van der Waals surface area contributed by atoms with Crippen LogP contribution in [-0.4, -0.2) is 29.8 Å². The van der Waals surface area contributed by atoms with Gasteiger partial charge in [0.2, 0.25) is 0 Å². The van der Waals surface area contributed by atoms with Gasteiger partial charge in [0.1, 0.15) is 0 Å². The number of rotatable bonds is 8. The number of hydrogen-bond donors (Lipinski definition) is 1. The molecule has 0 unspecified atom stereocenters. The lowest BCUT2D eigenvalue weighted by Gasteiger charge is -2.15. The summed E-state index contributed by atoms with van der Waals surface area (Å²) in [5.41, 5.74) is 1.79. The number of aromatic nitrogens is 2. The Hall–Kier alpha value is -0.870. The number of methoxy groups -OCH3 is 1. The molecular formula is C13H23N3O.